The second-order valence-electron chi connectivity index (χ2n) is 2.72. The third-order valence-corrected chi connectivity index (χ3v) is 1.34. The minimum atomic E-state index is 0. The third kappa shape index (κ3) is 45.5. The zero-order valence-corrected chi connectivity index (χ0v) is 14.3. The predicted molar refractivity (Wildman–Crippen MR) is 99.1 cm³/mol. The van der Waals surface area contributed by atoms with Crippen LogP contribution in [0.4, 0.5) is 0 Å². The summed E-state index contributed by atoms with van der Waals surface area (Å²) in [4.78, 5) is 2.16. The van der Waals surface area contributed by atoms with Crippen molar-refractivity contribution in [2.45, 2.75) is 6.54 Å². The molecular weight excluding hydrogens is 276 g/mol. The van der Waals surface area contributed by atoms with E-state index in [0.29, 0.717) is 0 Å². The van der Waals surface area contributed by atoms with Crippen LogP contribution in [0.3, 0.4) is 0 Å². The molecule has 0 amide bonds. The van der Waals surface area contributed by atoms with Gasteiger partial charge in [-0.2, -0.15) is 0 Å². The summed E-state index contributed by atoms with van der Waals surface area (Å²) in [6.07, 6.45) is 0. The van der Waals surface area contributed by atoms with E-state index in [2.05, 4.69) is 43.3 Å². The van der Waals surface area contributed by atoms with Crippen molar-refractivity contribution in [2.75, 3.05) is 14.1 Å². The summed E-state index contributed by atoms with van der Waals surface area (Å²) in [7, 11) is 4.15. The van der Waals surface area contributed by atoms with Gasteiger partial charge in [0, 0.05) is 6.54 Å². The molecule has 1 aromatic carbocycles. The standard InChI is InChI=1S/C9H13N.11H3N/c1-10(2)8-9-6-4-3-5-7-9;;;;;;;;;;;/h3-7H,8H2,1-2H3;11*1H3. The maximum Gasteiger partial charge on any atom is 0.0227 e. The van der Waals surface area contributed by atoms with Crippen LogP contribution in [0.25, 0.3) is 0 Å². The van der Waals surface area contributed by atoms with Gasteiger partial charge in [0.25, 0.3) is 0 Å². The van der Waals surface area contributed by atoms with Gasteiger partial charge >= 0.3 is 0 Å². The molecule has 0 saturated heterocycles. The molecule has 0 aliphatic carbocycles. The molecule has 0 atom stereocenters. The molecule has 1 aromatic rings. The fourth-order valence-electron chi connectivity index (χ4n) is 0.949. The molecule has 142 valence electrons. The Labute approximate surface area is 130 Å². The molecule has 0 saturated carbocycles. The Balaban J connectivity index is -0.0000000101. The lowest BCUT2D eigenvalue weighted by Gasteiger charge is -2.08. The van der Waals surface area contributed by atoms with Crippen LogP contribution < -0.4 is 67.7 Å². The van der Waals surface area contributed by atoms with Crippen LogP contribution >= 0.6 is 0 Å². The Morgan fingerprint density at radius 3 is 1.10 bits per heavy atom. The molecule has 12 nitrogen and oxygen atoms in total. The first-order chi connectivity index (χ1) is 4.79. The van der Waals surface area contributed by atoms with Crippen LogP contribution in [-0.2, 0) is 6.54 Å². The van der Waals surface area contributed by atoms with Crippen molar-refractivity contribution in [1.82, 2.24) is 72.6 Å². The second-order valence-corrected chi connectivity index (χ2v) is 2.72. The normalized spacial score (nSPS) is 4.90. The Hall–Kier alpha value is -1.26. The zero-order valence-electron chi connectivity index (χ0n) is 14.3. The molecule has 0 aliphatic rings. The van der Waals surface area contributed by atoms with Gasteiger partial charge in [0.05, 0.1) is 0 Å². The maximum absolute atomic E-state index is 2.16. The minimum absolute atomic E-state index is 0. The molecular formula is C9H46N12. The van der Waals surface area contributed by atoms with Crippen LogP contribution in [0, 0.1) is 0 Å². The Morgan fingerprint density at radius 2 is 0.857 bits per heavy atom. The molecule has 33 N–H and O–H groups in total. The zero-order chi connectivity index (χ0) is 7.40. The van der Waals surface area contributed by atoms with E-state index >= 15 is 0 Å². The maximum atomic E-state index is 2.16. The van der Waals surface area contributed by atoms with Gasteiger partial charge in [-0.3, -0.25) is 0 Å². The Kier molecular flexibility index (Phi) is 221. The summed E-state index contributed by atoms with van der Waals surface area (Å²) >= 11 is 0. The Morgan fingerprint density at radius 1 is 0.571 bits per heavy atom. The first-order valence-electron chi connectivity index (χ1n) is 3.47. The van der Waals surface area contributed by atoms with Crippen LogP contribution in [0.2, 0.25) is 0 Å². The lowest BCUT2D eigenvalue weighted by atomic mass is 10.2. The van der Waals surface area contributed by atoms with Crippen molar-refractivity contribution in [3.05, 3.63) is 35.9 Å². The van der Waals surface area contributed by atoms with E-state index in [4.69, 9.17) is 0 Å². The molecule has 0 radical (unpaired) electrons. The molecule has 1 rings (SSSR count). The number of hydrogen-bond acceptors (Lipinski definition) is 12. The number of nitrogens with zero attached hydrogens (tertiary/aromatic N) is 1. The first kappa shape index (κ1) is 90.8. The van der Waals surface area contributed by atoms with E-state index in [1.165, 1.54) is 5.56 Å². The third-order valence-electron chi connectivity index (χ3n) is 1.34. The van der Waals surface area contributed by atoms with E-state index in [9.17, 15) is 0 Å². The lowest BCUT2D eigenvalue weighted by molar-refractivity contribution is 0.402. The monoisotopic (exact) mass is 322 g/mol. The largest absolute Gasteiger partial charge is 0.344 e. The predicted octanol–water partition coefficient (Wildman–Crippen LogP) is 3.53. The topological polar surface area (TPSA) is 388 Å². The lowest BCUT2D eigenvalue weighted by Crippen LogP contribution is -2.10. The molecule has 0 unspecified atom stereocenters. The van der Waals surface area contributed by atoms with E-state index < -0.39 is 0 Å². The average molecular weight is 323 g/mol. The highest BCUT2D eigenvalue weighted by atomic mass is 15.0. The summed E-state index contributed by atoms with van der Waals surface area (Å²) in [6.45, 7) is 1.03. The van der Waals surface area contributed by atoms with Crippen molar-refractivity contribution in [3.63, 3.8) is 0 Å². The summed E-state index contributed by atoms with van der Waals surface area (Å²) in [6, 6.07) is 10.5. The van der Waals surface area contributed by atoms with Gasteiger partial charge in [-0.05, 0) is 19.7 Å². The van der Waals surface area contributed by atoms with Crippen molar-refractivity contribution in [1.29, 1.82) is 0 Å². The highest BCUT2D eigenvalue weighted by Crippen LogP contribution is 1.99. The summed E-state index contributed by atoms with van der Waals surface area (Å²) < 4.78 is 0. The highest BCUT2D eigenvalue weighted by molar-refractivity contribution is 5.14. The van der Waals surface area contributed by atoms with Gasteiger partial charge in [0.15, 0.2) is 0 Å². The fraction of sp³-hybridized carbons (Fsp3) is 0.333. The number of hydrogen-bond donors (Lipinski definition) is 11. The fourth-order valence-corrected chi connectivity index (χ4v) is 0.949. The van der Waals surface area contributed by atoms with E-state index in [-0.39, 0.29) is 67.7 Å². The summed E-state index contributed by atoms with van der Waals surface area (Å²) in [5.74, 6) is 0. The van der Waals surface area contributed by atoms with Gasteiger partial charge in [-0.25, -0.2) is 0 Å². The van der Waals surface area contributed by atoms with Crippen LogP contribution in [0.1, 0.15) is 5.56 Å². The molecule has 0 heterocycles. The van der Waals surface area contributed by atoms with Crippen molar-refractivity contribution in [3.8, 4) is 0 Å². The smallest absolute Gasteiger partial charge is 0.0227 e. The van der Waals surface area contributed by atoms with Gasteiger partial charge in [0.2, 0.25) is 0 Å². The van der Waals surface area contributed by atoms with Crippen molar-refractivity contribution < 1.29 is 0 Å². The van der Waals surface area contributed by atoms with E-state index in [0.717, 1.165) is 6.54 Å². The second kappa shape index (κ2) is 51.1. The van der Waals surface area contributed by atoms with E-state index in [1.54, 1.807) is 0 Å². The molecule has 0 fully saturated rings. The van der Waals surface area contributed by atoms with E-state index in [1.807, 2.05) is 6.07 Å². The van der Waals surface area contributed by atoms with Crippen LogP contribution in [0.5, 0.6) is 0 Å². The van der Waals surface area contributed by atoms with Gasteiger partial charge in [-0.1, -0.05) is 30.3 Å². The molecule has 0 bridgehead atoms. The van der Waals surface area contributed by atoms with Gasteiger partial charge in [0.1, 0.15) is 0 Å². The van der Waals surface area contributed by atoms with Gasteiger partial charge in [-0.15, -0.1) is 0 Å². The summed E-state index contributed by atoms with van der Waals surface area (Å²) in [5.41, 5.74) is 1.37. The molecule has 0 spiro atoms. The molecule has 0 aliphatic heterocycles. The van der Waals surface area contributed by atoms with Crippen molar-refractivity contribution in [2.24, 2.45) is 0 Å². The van der Waals surface area contributed by atoms with Gasteiger partial charge < -0.3 is 72.6 Å². The highest BCUT2D eigenvalue weighted by Gasteiger charge is 1.90. The number of rotatable bonds is 2. The Bertz CT molecular complexity index is 195. The first-order valence-corrected chi connectivity index (χ1v) is 3.47. The van der Waals surface area contributed by atoms with Crippen molar-refractivity contribution >= 4 is 0 Å². The molecule has 0 aromatic heterocycles. The average Bonchev–Trinajstić information content (AvgIpc) is 1.88. The minimum Gasteiger partial charge on any atom is -0.344 e. The molecule has 12 heteroatoms. The van der Waals surface area contributed by atoms with Crippen LogP contribution in [-0.4, -0.2) is 19.0 Å². The quantitative estimate of drug-likeness (QED) is 0.371. The SMILES string of the molecule is CN(C)Cc1ccccc1.N.N.N.N.N.N.N.N.N.N.N. The molecule has 21 heavy (non-hydrogen) atoms. The van der Waals surface area contributed by atoms with Crippen LogP contribution in [0.15, 0.2) is 30.3 Å². The number of benzene rings is 1. The summed E-state index contributed by atoms with van der Waals surface area (Å²) in [5, 5.41) is 0.